The highest BCUT2D eigenvalue weighted by Crippen LogP contribution is 2.36. The van der Waals surface area contributed by atoms with E-state index >= 15 is 0 Å². The van der Waals surface area contributed by atoms with E-state index in [1.54, 1.807) is 18.2 Å². The number of amides is 1. The molecule has 0 unspecified atom stereocenters. The van der Waals surface area contributed by atoms with Gasteiger partial charge in [0, 0.05) is 6.07 Å². The highest BCUT2D eigenvalue weighted by Gasteiger charge is 2.26. The fourth-order valence-electron chi connectivity index (χ4n) is 2.63. The van der Waals surface area contributed by atoms with Crippen molar-refractivity contribution in [3.05, 3.63) is 58.4 Å². The van der Waals surface area contributed by atoms with Crippen molar-refractivity contribution >= 4 is 22.6 Å². The summed E-state index contributed by atoms with van der Waals surface area (Å²) in [6, 6.07) is 9.73. The van der Waals surface area contributed by atoms with Crippen molar-refractivity contribution in [2.24, 2.45) is 0 Å². The van der Waals surface area contributed by atoms with Gasteiger partial charge in [-0.2, -0.15) is 0 Å². The summed E-state index contributed by atoms with van der Waals surface area (Å²) in [5.74, 6) is -0.0908. The number of nitro benzene ring substituents is 1. The predicted octanol–water partition coefficient (Wildman–Crippen LogP) is 2.10. The molecule has 3 aromatic rings. The second kappa shape index (κ2) is 5.78. The van der Waals surface area contributed by atoms with E-state index in [4.69, 9.17) is 9.47 Å². The fraction of sp³-hybridized carbons (Fsp3) is 0.125. The van der Waals surface area contributed by atoms with Crippen LogP contribution in [-0.2, 0) is 0 Å². The molecule has 126 valence electrons. The molecule has 9 heteroatoms. The number of imidazole rings is 1. The van der Waals surface area contributed by atoms with E-state index < -0.39 is 10.8 Å². The van der Waals surface area contributed by atoms with Gasteiger partial charge < -0.3 is 9.47 Å². The van der Waals surface area contributed by atoms with Crippen molar-refractivity contribution in [1.82, 2.24) is 9.66 Å². The van der Waals surface area contributed by atoms with Gasteiger partial charge in [0.25, 0.3) is 11.6 Å². The van der Waals surface area contributed by atoms with Crippen molar-refractivity contribution < 1.29 is 19.2 Å². The van der Waals surface area contributed by atoms with E-state index in [9.17, 15) is 14.9 Å². The largest absolute Gasteiger partial charge is 0.486 e. The first-order valence-electron chi connectivity index (χ1n) is 7.45. The highest BCUT2D eigenvalue weighted by molar-refractivity contribution is 6.04. The van der Waals surface area contributed by atoms with Crippen molar-refractivity contribution in [3.63, 3.8) is 0 Å². The quantitative estimate of drug-likeness (QED) is 0.578. The summed E-state index contributed by atoms with van der Waals surface area (Å²) in [5.41, 5.74) is 3.49. The third-order valence-corrected chi connectivity index (χ3v) is 3.78. The topological polar surface area (TPSA) is 109 Å². The predicted molar refractivity (Wildman–Crippen MR) is 87.5 cm³/mol. The number of nitrogens with zero attached hydrogens (tertiary/aromatic N) is 3. The number of nitrogens with one attached hydrogen (secondary N) is 1. The Morgan fingerprint density at radius 3 is 2.68 bits per heavy atom. The van der Waals surface area contributed by atoms with Gasteiger partial charge in [-0.3, -0.25) is 20.3 Å². The maximum atomic E-state index is 12.6. The molecule has 0 bridgehead atoms. The summed E-state index contributed by atoms with van der Waals surface area (Å²) in [7, 11) is 0. The van der Waals surface area contributed by atoms with Crippen molar-refractivity contribution in [2.45, 2.75) is 0 Å². The molecule has 9 nitrogen and oxygen atoms in total. The summed E-state index contributed by atoms with van der Waals surface area (Å²) in [6.07, 6.45) is 1.44. The highest BCUT2D eigenvalue weighted by atomic mass is 16.6. The fourth-order valence-corrected chi connectivity index (χ4v) is 2.63. The summed E-state index contributed by atoms with van der Waals surface area (Å²) < 4.78 is 12.2. The number of hydrogen-bond donors (Lipinski definition) is 1. The molecule has 4 rings (SSSR count). The molecule has 2 aromatic carbocycles. The van der Waals surface area contributed by atoms with Crippen LogP contribution in [0.3, 0.4) is 0 Å². The summed E-state index contributed by atoms with van der Waals surface area (Å²) in [5, 5.41) is 11.3. The minimum absolute atomic E-state index is 0.118. The van der Waals surface area contributed by atoms with E-state index in [0.717, 1.165) is 0 Å². The number of carbonyl (C=O) groups excluding carboxylic acids is 1. The molecule has 0 atom stereocenters. The van der Waals surface area contributed by atoms with Gasteiger partial charge in [-0.15, -0.1) is 0 Å². The zero-order valence-electron chi connectivity index (χ0n) is 12.8. The minimum Gasteiger partial charge on any atom is -0.486 e. The molecule has 1 aliphatic rings. The first kappa shape index (κ1) is 14.9. The van der Waals surface area contributed by atoms with E-state index in [1.165, 1.54) is 23.1 Å². The lowest BCUT2D eigenvalue weighted by Crippen LogP contribution is -2.24. The average molecular weight is 340 g/mol. The molecule has 0 saturated heterocycles. The van der Waals surface area contributed by atoms with Gasteiger partial charge in [-0.1, -0.05) is 12.1 Å². The molecule has 1 aliphatic heterocycles. The lowest BCUT2D eigenvalue weighted by Gasteiger charge is -2.19. The number of para-hydroxylation sites is 2. The van der Waals surface area contributed by atoms with Crippen LogP contribution in [0.1, 0.15) is 10.4 Å². The Kier molecular flexibility index (Phi) is 3.46. The van der Waals surface area contributed by atoms with E-state index in [-0.39, 0.29) is 17.0 Å². The molecule has 2 heterocycles. The van der Waals surface area contributed by atoms with Crippen LogP contribution >= 0.6 is 0 Å². The first-order valence-corrected chi connectivity index (χ1v) is 7.45. The smallest absolute Gasteiger partial charge is 0.286 e. The Balaban J connectivity index is 1.73. The van der Waals surface area contributed by atoms with E-state index in [0.29, 0.717) is 30.0 Å². The van der Waals surface area contributed by atoms with Gasteiger partial charge >= 0.3 is 0 Å². The van der Waals surface area contributed by atoms with Crippen LogP contribution in [0, 0.1) is 10.1 Å². The Morgan fingerprint density at radius 2 is 1.92 bits per heavy atom. The SMILES string of the molecule is O=C(Nn1cnc2ccccc21)c1cc2c(cc1[N+](=O)[O-])OCCO2. The number of nitro groups is 1. The van der Waals surface area contributed by atoms with Crippen LogP contribution in [0.5, 0.6) is 11.5 Å². The average Bonchev–Trinajstić information content (AvgIpc) is 3.03. The lowest BCUT2D eigenvalue weighted by atomic mass is 10.1. The second-order valence-electron chi connectivity index (χ2n) is 5.31. The molecule has 1 N–H and O–H groups in total. The summed E-state index contributed by atoms with van der Waals surface area (Å²) in [4.78, 5) is 27.5. The maximum Gasteiger partial charge on any atom is 0.286 e. The molecular formula is C16H12N4O5. The van der Waals surface area contributed by atoms with Gasteiger partial charge in [0.1, 0.15) is 25.1 Å². The van der Waals surface area contributed by atoms with Crippen molar-refractivity contribution in [3.8, 4) is 11.5 Å². The molecule has 25 heavy (non-hydrogen) atoms. The monoisotopic (exact) mass is 340 g/mol. The number of hydrogen-bond acceptors (Lipinski definition) is 6. The van der Waals surface area contributed by atoms with Gasteiger partial charge in [0.2, 0.25) is 0 Å². The van der Waals surface area contributed by atoms with Crippen LogP contribution in [-0.4, -0.2) is 33.7 Å². The van der Waals surface area contributed by atoms with Crippen LogP contribution in [0.25, 0.3) is 11.0 Å². The number of aromatic nitrogens is 2. The molecule has 0 aliphatic carbocycles. The Labute approximate surface area is 140 Å². The van der Waals surface area contributed by atoms with Gasteiger partial charge in [-0.25, -0.2) is 9.66 Å². The molecule has 0 spiro atoms. The third kappa shape index (κ3) is 2.61. The lowest BCUT2D eigenvalue weighted by molar-refractivity contribution is -0.385. The molecule has 0 fully saturated rings. The maximum absolute atomic E-state index is 12.6. The van der Waals surface area contributed by atoms with Crippen LogP contribution < -0.4 is 14.9 Å². The van der Waals surface area contributed by atoms with Crippen molar-refractivity contribution in [2.75, 3.05) is 18.6 Å². The number of benzene rings is 2. The van der Waals surface area contributed by atoms with E-state index in [1.807, 2.05) is 6.07 Å². The van der Waals surface area contributed by atoms with Crippen LogP contribution in [0.15, 0.2) is 42.7 Å². The Bertz CT molecular complexity index is 997. The summed E-state index contributed by atoms with van der Waals surface area (Å²) >= 11 is 0. The second-order valence-corrected chi connectivity index (χ2v) is 5.31. The van der Waals surface area contributed by atoms with Gasteiger partial charge in [-0.05, 0) is 12.1 Å². The van der Waals surface area contributed by atoms with E-state index in [2.05, 4.69) is 10.4 Å². The Hall–Kier alpha value is -3.62. The third-order valence-electron chi connectivity index (χ3n) is 3.78. The van der Waals surface area contributed by atoms with Gasteiger partial charge in [0.15, 0.2) is 11.5 Å². The number of rotatable bonds is 3. The number of carbonyl (C=O) groups is 1. The summed E-state index contributed by atoms with van der Waals surface area (Å²) in [6.45, 7) is 0.620. The normalized spacial score (nSPS) is 12.8. The number of fused-ring (bicyclic) bond motifs is 2. The zero-order chi connectivity index (χ0) is 17.4. The standard InChI is InChI=1S/C16H12N4O5/c21-16(18-19-9-17-11-3-1-2-4-12(11)19)10-7-14-15(25-6-5-24-14)8-13(10)20(22)23/h1-4,7-9H,5-6H2,(H,18,21). The van der Waals surface area contributed by atoms with Crippen LogP contribution in [0.4, 0.5) is 5.69 Å². The molecule has 0 saturated carbocycles. The number of ether oxygens (including phenoxy) is 2. The Morgan fingerprint density at radius 1 is 1.20 bits per heavy atom. The van der Waals surface area contributed by atoms with Crippen LogP contribution in [0.2, 0.25) is 0 Å². The zero-order valence-corrected chi connectivity index (χ0v) is 12.8. The minimum atomic E-state index is -0.646. The molecular weight excluding hydrogens is 328 g/mol. The van der Waals surface area contributed by atoms with Gasteiger partial charge in [0.05, 0.1) is 22.0 Å². The van der Waals surface area contributed by atoms with Crippen molar-refractivity contribution in [1.29, 1.82) is 0 Å². The molecule has 0 radical (unpaired) electrons. The molecule has 1 aromatic heterocycles. The molecule has 1 amide bonds. The first-order chi connectivity index (χ1) is 12.1.